The van der Waals surface area contributed by atoms with Crippen LogP contribution in [0.3, 0.4) is 0 Å². The summed E-state index contributed by atoms with van der Waals surface area (Å²) in [5, 5.41) is 1.64. The Balaban J connectivity index is 0.00000231. The van der Waals surface area contributed by atoms with Crippen molar-refractivity contribution in [2.45, 2.75) is 6.42 Å². The molecule has 3 heterocycles. The smallest absolute Gasteiger partial charge is 0.295 e. The first kappa shape index (κ1) is 21.8. The minimum absolute atomic E-state index is 0. The Morgan fingerprint density at radius 3 is 2.68 bits per heavy atom. The third-order valence-electron chi connectivity index (χ3n) is 5.35. The zero-order valence-corrected chi connectivity index (χ0v) is 18.7. The van der Waals surface area contributed by atoms with Crippen molar-refractivity contribution < 1.29 is 13.9 Å². The van der Waals surface area contributed by atoms with E-state index in [1.807, 2.05) is 54.6 Å². The average Bonchev–Trinajstić information content (AvgIpc) is 3.41. The van der Waals surface area contributed by atoms with E-state index in [1.165, 1.54) is 11.3 Å². The van der Waals surface area contributed by atoms with E-state index >= 15 is 0 Å². The van der Waals surface area contributed by atoms with Gasteiger partial charge in [0.1, 0.15) is 5.58 Å². The first-order valence-corrected chi connectivity index (χ1v) is 11.1. The second-order valence-electron chi connectivity index (χ2n) is 7.38. The Kier molecular flexibility index (Phi) is 6.87. The van der Waals surface area contributed by atoms with E-state index in [0.29, 0.717) is 17.4 Å². The fraction of sp³-hybridized carbons (Fsp3) is 0.304. The number of fused-ring (bicyclic) bond motifs is 2. The fourth-order valence-electron chi connectivity index (χ4n) is 3.76. The molecule has 0 radical (unpaired) electrons. The van der Waals surface area contributed by atoms with Crippen LogP contribution in [0.25, 0.3) is 21.2 Å². The molecule has 1 aliphatic rings. The number of morpholine rings is 1. The van der Waals surface area contributed by atoms with Crippen LogP contribution in [0.4, 0.5) is 5.13 Å². The first-order chi connectivity index (χ1) is 14.8. The number of amides is 1. The van der Waals surface area contributed by atoms with Crippen molar-refractivity contribution in [1.82, 2.24) is 9.88 Å². The third-order valence-corrected chi connectivity index (χ3v) is 6.41. The molecule has 0 N–H and O–H groups in total. The summed E-state index contributed by atoms with van der Waals surface area (Å²) in [5.74, 6) is 0.203. The van der Waals surface area contributed by atoms with E-state index in [9.17, 15) is 4.79 Å². The molecule has 1 saturated heterocycles. The second-order valence-corrected chi connectivity index (χ2v) is 8.39. The van der Waals surface area contributed by atoms with Crippen LogP contribution in [0, 0.1) is 0 Å². The van der Waals surface area contributed by atoms with E-state index in [1.54, 1.807) is 4.90 Å². The van der Waals surface area contributed by atoms with Gasteiger partial charge >= 0.3 is 0 Å². The molecule has 1 amide bonds. The number of rotatable bonds is 6. The van der Waals surface area contributed by atoms with Crippen molar-refractivity contribution in [3.05, 3.63) is 60.4 Å². The van der Waals surface area contributed by atoms with Gasteiger partial charge < -0.3 is 9.15 Å². The lowest BCUT2D eigenvalue weighted by Crippen LogP contribution is -2.39. The van der Waals surface area contributed by atoms with Gasteiger partial charge in [0.05, 0.1) is 23.4 Å². The van der Waals surface area contributed by atoms with Gasteiger partial charge in [0.2, 0.25) is 0 Å². The summed E-state index contributed by atoms with van der Waals surface area (Å²) in [4.78, 5) is 22.3. The van der Waals surface area contributed by atoms with Gasteiger partial charge in [0, 0.05) is 31.6 Å². The van der Waals surface area contributed by atoms with Crippen molar-refractivity contribution in [3.8, 4) is 0 Å². The van der Waals surface area contributed by atoms with E-state index in [0.717, 1.165) is 60.5 Å². The molecule has 0 unspecified atom stereocenters. The summed E-state index contributed by atoms with van der Waals surface area (Å²) in [7, 11) is 0. The molecule has 0 bridgehead atoms. The number of thiazole rings is 1. The van der Waals surface area contributed by atoms with Crippen LogP contribution >= 0.6 is 23.7 Å². The van der Waals surface area contributed by atoms with Gasteiger partial charge in [0.25, 0.3) is 5.91 Å². The number of hydrogen-bond acceptors (Lipinski definition) is 6. The van der Waals surface area contributed by atoms with E-state index < -0.39 is 0 Å². The summed E-state index contributed by atoms with van der Waals surface area (Å²) in [6.45, 7) is 4.96. The molecule has 2 aromatic carbocycles. The van der Waals surface area contributed by atoms with Crippen LogP contribution in [0.15, 0.2) is 59.0 Å². The van der Waals surface area contributed by atoms with Gasteiger partial charge in [-0.15, -0.1) is 12.4 Å². The summed E-state index contributed by atoms with van der Waals surface area (Å²) >= 11 is 1.54. The molecule has 0 aliphatic carbocycles. The quantitative estimate of drug-likeness (QED) is 0.415. The summed E-state index contributed by atoms with van der Waals surface area (Å²) in [6.07, 6.45) is 0.863. The number of carbonyl (C=O) groups is 1. The fourth-order valence-corrected chi connectivity index (χ4v) is 4.75. The van der Waals surface area contributed by atoms with E-state index in [2.05, 4.69) is 4.90 Å². The highest BCUT2D eigenvalue weighted by atomic mass is 35.5. The number of para-hydroxylation sites is 2. The third kappa shape index (κ3) is 4.75. The minimum atomic E-state index is -0.146. The lowest BCUT2D eigenvalue weighted by atomic mass is 10.2. The highest BCUT2D eigenvalue weighted by Gasteiger charge is 2.24. The van der Waals surface area contributed by atoms with Gasteiger partial charge in [-0.05, 0) is 30.7 Å². The van der Waals surface area contributed by atoms with Crippen LogP contribution in [-0.4, -0.2) is 55.2 Å². The number of nitrogens with zero attached hydrogens (tertiary/aromatic N) is 3. The average molecular weight is 458 g/mol. The molecule has 4 aromatic rings. The minimum Gasteiger partial charge on any atom is -0.451 e. The molecule has 0 saturated carbocycles. The molecule has 5 rings (SSSR count). The van der Waals surface area contributed by atoms with Gasteiger partial charge in [0.15, 0.2) is 10.9 Å². The molecule has 1 aliphatic heterocycles. The number of hydrogen-bond donors (Lipinski definition) is 0. The van der Waals surface area contributed by atoms with Crippen LogP contribution < -0.4 is 4.90 Å². The normalized spacial score (nSPS) is 14.6. The first-order valence-electron chi connectivity index (χ1n) is 10.2. The predicted molar refractivity (Wildman–Crippen MR) is 127 cm³/mol. The molecule has 0 spiro atoms. The SMILES string of the molecule is Cl.O=C(c1cc2ccccc2o1)N(CCCN1CCOCC1)c1nc2ccccc2s1. The van der Waals surface area contributed by atoms with Crippen LogP contribution in [0.2, 0.25) is 0 Å². The van der Waals surface area contributed by atoms with Crippen LogP contribution in [0.5, 0.6) is 0 Å². The number of anilines is 1. The molecule has 6 nitrogen and oxygen atoms in total. The number of halogens is 1. The largest absolute Gasteiger partial charge is 0.451 e. The van der Waals surface area contributed by atoms with Crippen molar-refractivity contribution in [2.75, 3.05) is 44.3 Å². The summed E-state index contributed by atoms with van der Waals surface area (Å²) in [6, 6.07) is 17.5. The second kappa shape index (κ2) is 9.78. The van der Waals surface area contributed by atoms with Gasteiger partial charge in [-0.2, -0.15) is 0 Å². The lowest BCUT2D eigenvalue weighted by Gasteiger charge is -2.27. The van der Waals surface area contributed by atoms with E-state index in [-0.39, 0.29) is 18.3 Å². The van der Waals surface area contributed by atoms with Crippen molar-refractivity contribution in [1.29, 1.82) is 0 Å². The molecule has 1 fully saturated rings. The topological polar surface area (TPSA) is 58.8 Å². The zero-order chi connectivity index (χ0) is 20.3. The Hall–Kier alpha value is -2.45. The molecule has 0 atom stereocenters. The number of furan rings is 1. The Labute approximate surface area is 190 Å². The van der Waals surface area contributed by atoms with Crippen molar-refractivity contribution >= 4 is 56.0 Å². The molecular formula is C23H24ClN3O3S. The molecule has 31 heavy (non-hydrogen) atoms. The van der Waals surface area contributed by atoms with Gasteiger partial charge in [-0.3, -0.25) is 14.6 Å². The van der Waals surface area contributed by atoms with Crippen molar-refractivity contribution in [2.24, 2.45) is 0 Å². The highest BCUT2D eigenvalue weighted by Crippen LogP contribution is 2.30. The summed E-state index contributed by atoms with van der Waals surface area (Å²) in [5.41, 5.74) is 1.63. The Morgan fingerprint density at radius 1 is 1.10 bits per heavy atom. The molecule has 162 valence electrons. The van der Waals surface area contributed by atoms with Crippen molar-refractivity contribution in [3.63, 3.8) is 0 Å². The zero-order valence-electron chi connectivity index (χ0n) is 17.0. The maximum Gasteiger partial charge on any atom is 0.295 e. The molecule has 8 heteroatoms. The molecular weight excluding hydrogens is 434 g/mol. The highest BCUT2D eigenvalue weighted by molar-refractivity contribution is 7.22. The number of aromatic nitrogens is 1. The number of carbonyl (C=O) groups excluding carboxylic acids is 1. The number of benzene rings is 2. The maximum absolute atomic E-state index is 13.4. The van der Waals surface area contributed by atoms with E-state index in [4.69, 9.17) is 14.1 Å². The van der Waals surface area contributed by atoms with Crippen LogP contribution in [0.1, 0.15) is 17.0 Å². The van der Waals surface area contributed by atoms with Crippen LogP contribution in [-0.2, 0) is 4.74 Å². The predicted octanol–water partition coefficient (Wildman–Crippen LogP) is 4.83. The lowest BCUT2D eigenvalue weighted by molar-refractivity contribution is 0.0376. The van der Waals surface area contributed by atoms with Gasteiger partial charge in [-0.25, -0.2) is 4.98 Å². The summed E-state index contributed by atoms with van der Waals surface area (Å²) < 4.78 is 12.4. The van der Waals surface area contributed by atoms with Gasteiger partial charge in [-0.1, -0.05) is 41.7 Å². The maximum atomic E-state index is 13.4. The Bertz CT molecular complexity index is 1100. The molecule has 2 aromatic heterocycles. The Morgan fingerprint density at radius 2 is 1.87 bits per heavy atom. The monoisotopic (exact) mass is 457 g/mol. The number of ether oxygens (including phenoxy) is 1. The standard InChI is InChI=1S/C23H23N3O3S.ClH/c27-22(20-16-17-6-1-3-8-19(17)29-20)26(11-5-10-25-12-14-28-15-13-25)23-24-18-7-2-4-9-21(18)30-23;/h1-4,6-9,16H,5,10-15H2;1H.